The SMILES string of the molecule is Nc1ncnc2c1nc(Sc1cc3c(cc1Br)OCOCC3)n2CCC1CCN(C(=O)NCCCC(=O)O)CC1. The fraction of sp³-hybridized carbons (Fsp3) is 0.500. The number of nitrogens with two attached hydrogens (primary N) is 1. The Morgan fingerprint density at radius 1 is 1.25 bits per heavy atom. The van der Waals surface area contributed by atoms with Gasteiger partial charge in [-0.15, -0.1) is 0 Å². The predicted molar refractivity (Wildman–Crippen MR) is 152 cm³/mol. The van der Waals surface area contributed by atoms with Crippen LogP contribution in [0.1, 0.15) is 37.7 Å². The van der Waals surface area contributed by atoms with Gasteiger partial charge in [0.1, 0.15) is 12.1 Å². The monoisotopic (exact) mass is 633 g/mol. The minimum atomic E-state index is -0.855. The minimum absolute atomic E-state index is 0.0505. The van der Waals surface area contributed by atoms with Crippen LogP contribution in [-0.4, -0.2) is 74.6 Å². The number of carboxylic acid groups (broad SMARTS) is 1. The smallest absolute Gasteiger partial charge is 0.317 e. The van der Waals surface area contributed by atoms with Crippen molar-refractivity contribution in [3.63, 3.8) is 0 Å². The number of nitrogens with one attached hydrogen (secondary N) is 1. The molecule has 0 bridgehead atoms. The van der Waals surface area contributed by atoms with Gasteiger partial charge in [0.2, 0.25) is 0 Å². The summed E-state index contributed by atoms with van der Waals surface area (Å²) in [6.45, 7) is 3.27. The fourth-order valence-electron chi connectivity index (χ4n) is 4.93. The molecule has 1 aromatic carbocycles. The Labute approximate surface area is 244 Å². The highest BCUT2D eigenvalue weighted by Crippen LogP contribution is 2.39. The summed E-state index contributed by atoms with van der Waals surface area (Å²) in [6, 6.07) is 3.96. The Bertz CT molecular complexity index is 1380. The molecule has 0 unspecified atom stereocenters. The Balaban J connectivity index is 1.25. The molecule has 4 N–H and O–H groups in total. The van der Waals surface area contributed by atoms with Crippen molar-refractivity contribution in [1.29, 1.82) is 0 Å². The van der Waals surface area contributed by atoms with Gasteiger partial charge in [-0.3, -0.25) is 4.79 Å². The molecule has 1 fully saturated rings. The summed E-state index contributed by atoms with van der Waals surface area (Å²) in [7, 11) is 0. The molecule has 5 rings (SSSR count). The number of ether oxygens (including phenoxy) is 2. The lowest BCUT2D eigenvalue weighted by atomic mass is 9.93. The second kappa shape index (κ2) is 13.0. The summed E-state index contributed by atoms with van der Waals surface area (Å²) < 4.78 is 14.2. The molecule has 0 saturated carbocycles. The summed E-state index contributed by atoms with van der Waals surface area (Å²) in [6.07, 6.45) is 5.41. The van der Waals surface area contributed by atoms with E-state index >= 15 is 0 Å². The second-order valence-corrected chi connectivity index (χ2v) is 11.7. The molecular formula is C26H32BrN7O5S. The number of urea groups is 1. The van der Waals surface area contributed by atoms with E-state index in [9.17, 15) is 9.59 Å². The fourth-order valence-corrected chi connectivity index (χ4v) is 6.47. The number of nitrogen functional groups attached to an aromatic ring is 1. The number of carbonyl (C=O) groups is 2. The largest absolute Gasteiger partial charge is 0.481 e. The number of amides is 2. The van der Waals surface area contributed by atoms with E-state index in [1.165, 1.54) is 6.33 Å². The van der Waals surface area contributed by atoms with Crippen molar-refractivity contribution in [3.8, 4) is 5.75 Å². The lowest BCUT2D eigenvalue weighted by Crippen LogP contribution is -2.44. The van der Waals surface area contributed by atoms with Gasteiger partial charge in [0.15, 0.2) is 28.9 Å². The van der Waals surface area contributed by atoms with E-state index in [4.69, 9.17) is 25.3 Å². The van der Waals surface area contributed by atoms with Crippen LogP contribution in [-0.2, 0) is 22.5 Å². The van der Waals surface area contributed by atoms with Crippen LogP contribution in [0, 0.1) is 5.92 Å². The highest BCUT2D eigenvalue weighted by molar-refractivity contribution is 9.10. The van der Waals surface area contributed by atoms with E-state index in [0.717, 1.165) is 51.5 Å². The van der Waals surface area contributed by atoms with E-state index in [1.54, 1.807) is 11.8 Å². The first-order chi connectivity index (χ1) is 19.4. The van der Waals surface area contributed by atoms with Crippen LogP contribution in [0.15, 0.2) is 33.0 Å². The molecule has 0 aliphatic carbocycles. The zero-order chi connectivity index (χ0) is 28.1. The van der Waals surface area contributed by atoms with Gasteiger partial charge in [0, 0.05) is 42.0 Å². The van der Waals surface area contributed by atoms with E-state index < -0.39 is 5.97 Å². The van der Waals surface area contributed by atoms with Crippen molar-refractivity contribution >= 4 is 56.7 Å². The topological polar surface area (TPSA) is 158 Å². The van der Waals surface area contributed by atoms with Crippen LogP contribution in [0.25, 0.3) is 11.2 Å². The zero-order valence-corrected chi connectivity index (χ0v) is 24.4. The summed E-state index contributed by atoms with van der Waals surface area (Å²) in [5.41, 5.74) is 8.54. The molecule has 2 aromatic heterocycles. The molecule has 2 amide bonds. The number of hydrogen-bond acceptors (Lipinski definition) is 9. The lowest BCUT2D eigenvalue weighted by molar-refractivity contribution is -0.137. The van der Waals surface area contributed by atoms with Crippen LogP contribution in [0.4, 0.5) is 10.6 Å². The second-order valence-electron chi connectivity index (χ2n) is 9.84. The number of aliphatic carboxylic acids is 1. The quantitative estimate of drug-likeness (QED) is 0.295. The third kappa shape index (κ3) is 6.78. The lowest BCUT2D eigenvalue weighted by Gasteiger charge is -2.32. The van der Waals surface area contributed by atoms with E-state index in [2.05, 4.69) is 41.8 Å². The van der Waals surface area contributed by atoms with Crippen LogP contribution in [0.5, 0.6) is 5.75 Å². The van der Waals surface area contributed by atoms with E-state index in [0.29, 0.717) is 62.1 Å². The number of nitrogens with zero attached hydrogens (tertiary/aromatic N) is 5. The first-order valence-electron chi connectivity index (χ1n) is 13.3. The molecule has 0 radical (unpaired) electrons. The number of aromatic nitrogens is 4. The predicted octanol–water partition coefficient (Wildman–Crippen LogP) is 3.91. The van der Waals surface area contributed by atoms with Crippen LogP contribution in [0.3, 0.4) is 0 Å². The average molecular weight is 635 g/mol. The first kappa shape index (κ1) is 28.4. The summed E-state index contributed by atoms with van der Waals surface area (Å²) in [5.74, 6) is 0.756. The van der Waals surface area contributed by atoms with Gasteiger partial charge in [-0.25, -0.2) is 19.7 Å². The number of carbonyl (C=O) groups excluding carboxylic acids is 1. The minimum Gasteiger partial charge on any atom is -0.481 e. The molecule has 14 heteroatoms. The number of carboxylic acids is 1. The van der Waals surface area contributed by atoms with Crippen molar-refractivity contribution < 1.29 is 24.2 Å². The van der Waals surface area contributed by atoms with E-state index in [-0.39, 0.29) is 19.2 Å². The van der Waals surface area contributed by atoms with Crippen LogP contribution >= 0.6 is 27.7 Å². The maximum absolute atomic E-state index is 12.4. The number of anilines is 1. The summed E-state index contributed by atoms with van der Waals surface area (Å²) >= 11 is 5.24. The maximum atomic E-state index is 12.4. The molecule has 40 heavy (non-hydrogen) atoms. The number of likely N-dealkylation sites (tertiary alicyclic amines) is 1. The van der Waals surface area contributed by atoms with Crippen molar-refractivity contribution in [2.75, 3.05) is 38.8 Å². The van der Waals surface area contributed by atoms with Gasteiger partial charge in [-0.2, -0.15) is 0 Å². The molecule has 0 spiro atoms. The van der Waals surface area contributed by atoms with E-state index in [1.807, 2.05) is 11.0 Å². The number of imidazole rings is 1. The standard InChI is InChI=1S/C26H32BrN7O5S/c27-18-13-19-17(6-11-38-15-39-19)12-20(18)40-26-32-22-23(28)30-14-31-24(22)34(26)10-5-16-3-8-33(9-4-16)25(37)29-7-1-2-21(35)36/h12-14,16H,1-11,15H2,(H,29,37)(H,35,36)(H2,28,30,31). The number of rotatable bonds is 9. The number of piperidine rings is 1. The number of fused-ring (bicyclic) bond motifs is 2. The van der Waals surface area contributed by atoms with Gasteiger partial charge >= 0.3 is 12.0 Å². The van der Waals surface area contributed by atoms with Gasteiger partial charge < -0.3 is 35.1 Å². The maximum Gasteiger partial charge on any atom is 0.317 e. The number of hydrogen-bond donors (Lipinski definition) is 3. The van der Waals surface area contributed by atoms with Crippen molar-refractivity contribution in [2.24, 2.45) is 5.92 Å². The average Bonchev–Trinajstić information content (AvgIpc) is 3.13. The molecule has 214 valence electrons. The molecule has 1 saturated heterocycles. The Morgan fingerprint density at radius 3 is 2.88 bits per heavy atom. The third-order valence-corrected chi connectivity index (χ3v) is 9.13. The van der Waals surface area contributed by atoms with Gasteiger partial charge in [-0.1, -0.05) is 11.8 Å². The van der Waals surface area contributed by atoms with Gasteiger partial charge in [0.05, 0.1) is 6.61 Å². The molecule has 0 atom stereocenters. The zero-order valence-electron chi connectivity index (χ0n) is 22.0. The molecule has 3 aromatic rings. The molecular weight excluding hydrogens is 602 g/mol. The third-order valence-electron chi connectivity index (χ3n) is 7.16. The van der Waals surface area contributed by atoms with Crippen molar-refractivity contribution in [1.82, 2.24) is 29.7 Å². The molecule has 2 aliphatic heterocycles. The first-order valence-corrected chi connectivity index (χ1v) is 14.9. The highest BCUT2D eigenvalue weighted by Gasteiger charge is 2.24. The van der Waals surface area contributed by atoms with Gasteiger partial charge in [0.25, 0.3) is 0 Å². The highest BCUT2D eigenvalue weighted by atomic mass is 79.9. The Kier molecular flexibility index (Phi) is 9.27. The molecule has 2 aliphatic rings. The van der Waals surface area contributed by atoms with Crippen LogP contribution < -0.4 is 15.8 Å². The normalized spacial score (nSPS) is 15.9. The van der Waals surface area contributed by atoms with Crippen molar-refractivity contribution in [2.45, 2.75) is 55.1 Å². The van der Waals surface area contributed by atoms with Crippen molar-refractivity contribution in [3.05, 3.63) is 28.5 Å². The van der Waals surface area contributed by atoms with Crippen LogP contribution in [0.2, 0.25) is 0 Å². The molecule has 4 heterocycles. The number of aryl methyl sites for hydroxylation is 1. The Morgan fingerprint density at radius 2 is 2.08 bits per heavy atom. The Hall–Kier alpha value is -3.10. The summed E-state index contributed by atoms with van der Waals surface area (Å²) in [4.78, 5) is 39.4. The number of benzene rings is 1. The number of halogens is 1. The van der Waals surface area contributed by atoms with Gasteiger partial charge in [-0.05, 0) is 71.6 Å². The molecule has 12 nitrogen and oxygen atoms in total. The summed E-state index contributed by atoms with van der Waals surface area (Å²) in [5, 5.41) is 12.4.